The first-order chi connectivity index (χ1) is 11.4. The smallest absolute Gasteiger partial charge is 0.368 e. The van der Waals surface area contributed by atoms with E-state index in [0.29, 0.717) is 12.5 Å². The van der Waals surface area contributed by atoms with Crippen LogP contribution in [-0.2, 0) is 26.3 Å². The standard InChI is InChI=1S/C15H34O6Si4/c1-10-18-15-25(17-3,14-12-13-16)21-24(8,9)20-23(6,7)19-22(4,5)11-2/h10-11,13H,1-2,12,14-15H2,3-9H3. The van der Waals surface area contributed by atoms with Crippen molar-refractivity contribution in [3.63, 3.8) is 0 Å². The zero-order valence-corrected chi connectivity index (χ0v) is 20.7. The monoisotopic (exact) mass is 422 g/mol. The summed E-state index contributed by atoms with van der Waals surface area (Å²) >= 11 is 0. The number of carbonyl (C=O) groups excluding carboxylic acids is 1. The van der Waals surface area contributed by atoms with Gasteiger partial charge in [-0.3, -0.25) is 0 Å². The van der Waals surface area contributed by atoms with Gasteiger partial charge in [-0.2, -0.15) is 0 Å². The molecule has 6 nitrogen and oxygen atoms in total. The first-order valence-electron chi connectivity index (χ1n) is 8.32. The molecule has 0 saturated heterocycles. The molecule has 0 aromatic carbocycles. The van der Waals surface area contributed by atoms with E-state index in [1.54, 1.807) is 7.11 Å². The van der Waals surface area contributed by atoms with E-state index in [1.165, 1.54) is 6.26 Å². The van der Waals surface area contributed by atoms with Gasteiger partial charge in [0.25, 0.3) is 0 Å². The molecule has 0 fully saturated rings. The van der Waals surface area contributed by atoms with Gasteiger partial charge in [0.1, 0.15) is 12.5 Å². The van der Waals surface area contributed by atoms with Gasteiger partial charge in [0, 0.05) is 13.5 Å². The molecule has 0 aliphatic heterocycles. The van der Waals surface area contributed by atoms with Crippen LogP contribution >= 0.6 is 0 Å². The SMILES string of the molecule is C=COC[Si](CCC=O)(OC)O[Si](C)(C)O[Si](C)(C)O[Si](C)(C)C=C. The zero-order chi connectivity index (χ0) is 19.8. The van der Waals surface area contributed by atoms with Crippen molar-refractivity contribution in [2.24, 2.45) is 0 Å². The van der Waals surface area contributed by atoms with Crippen LogP contribution in [0.2, 0.25) is 45.3 Å². The molecule has 0 aromatic rings. The number of hydrogen-bond acceptors (Lipinski definition) is 6. The Balaban J connectivity index is 5.26. The highest BCUT2D eigenvalue weighted by Gasteiger charge is 2.47. The van der Waals surface area contributed by atoms with Crippen LogP contribution in [0.25, 0.3) is 0 Å². The fraction of sp³-hybridized carbons (Fsp3) is 0.667. The van der Waals surface area contributed by atoms with E-state index in [9.17, 15) is 4.79 Å². The first-order valence-corrected chi connectivity index (χ1v) is 19.2. The lowest BCUT2D eigenvalue weighted by atomic mass is 10.6. The summed E-state index contributed by atoms with van der Waals surface area (Å²) in [5, 5.41) is 0. The van der Waals surface area contributed by atoms with E-state index in [-0.39, 0.29) is 6.23 Å². The Morgan fingerprint density at radius 3 is 1.92 bits per heavy atom. The van der Waals surface area contributed by atoms with E-state index < -0.39 is 34.0 Å². The van der Waals surface area contributed by atoms with Gasteiger partial charge in [0.2, 0.25) is 0 Å². The highest BCUT2D eigenvalue weighted by Crippen LogP contribution is 2.26. The third-order valence-electron chi connectivity index (χ3n) is 3.36. The molecular weight excluding hydrogens is 389 g/mol. The molecule has 25 heavy (non-hydrogen) atoms. The van der Waals surface area contributed by atoms with Crippen molar-refractivity contribution in [1.29, 1.82) is 0 Å². The lowest BCUT2D eigenvalue weighted by Gasteiger charge is -2.41. The number of carbonyl (C=O) groups is 1. The number of ether oxygens (including phenoxy) is 1. The Bertz CT molecular complexity index is 441. The van der Waals surface area contributed by atoms with E-state index in [4.69, 9.17) is 21.5 Å². The maximum Gasteiger partial charge on any atom is 0.368 e. The highest BCUT2D eigenvalue weighted by molar-refractivity contribution is 6.90. The van der Waals surface area contributed by atoms with Crippen LogP contribution in [0.5, 0.6) is 0 Å². The molecular formula is C15H34O6Si4. The molecule has 0 aromatic heterocycles. The van der Waals surface area contributed by atoms with Gasteiger partial charge in [0.05, 0.1) is 6.26 Å². The van der Waals surface area contributed by atoms with Gasteiger partial charge in [-0.15, -0.1) is 6.58 Å². The summed E-state index contributed by atoms with van der Waals surface area (Å²) in [4.78, 5) is 10.8. The van der Waals surface area contributed by atoms with Crippen molar-refractivity contribution >= 4 is 40.3 Å². The van der Waals surface area contributed by atoms with Crippen molar-refractivity contribution in [3.8, 4) is 0 Å². The van der Waals surface area contributed by atoms with Gasteiger partial charge in [-0.25, -0.2) is 0 Å². The second-order valence-corrected chi connectivity index (χ2v) is 21.9. The topological polar surface area (TPSA) is 63.2 Å². The summed E-state index contributed by atoms with van der Waals surface area (Å²) < 4.78 is 30.2. The van der Waals surface area contributed by atoms with Crippen LogP contribution in [0.3, 0.4) is 0 Å². The molecule has 1 atom stereocenters. The fourth-order valence-corrected chi connectivity index (χ4v) is 19.8. The van der Waals surface area contributed by atoms with E-state index in [1.807, 2.05) is 31.9 Å². The van der Waals surface area contributed by atoms with Gasteiger partial charge in [-0.05, 0) is 45.3 Å². The van der Waals surface area contributed by atoms with Crippen molar-refractivity contribution < 1.29 is 26.3 Å². The molecule has 0 amide bonds. The van der Waals surface area contributed by atoms with Crippen LogP contribution in [0, 0.1) is 0 Å². The van der Waals surface area contributed by atoms with E-state index in [2.05, 4.69) is 26.3 Å². The Labute approximate surface area is 157 Å². The summed E-state index contributed by atoms with van der Waals surface area (Å²) in [6.07, 6.45) is 2.86. The first kappa shape index (κ1) is 24.7. The van der Waals surface area contributed by atoms with E-state index in [0.717, 1.165) is 6.29 Å². The minimum absolute atomic E-state index is 0.274. The van der Waals surface area contributed by atoms with Crippen LogP contribution < -0.4 is 0 Å². The molecule has 0 aliphatic rings. The van der Waals surface area contributed by atoms with Gasteiger partial charge in [-0.1, -0.05) is 12.3 Å². The summed E-state index contributed by atoms with van der Waals surface area (Å²) in [6, 6.07) is 0.510. The van der Waals surface area contributed by atoms with Crippen LogP contribution in [0.4, 0.5) is 0 Å². The second-order valence-electron chi connectivity index (χ2n) is 7.21. The molecule has 0 rings (SSSR count). The van der Waals surface area contributed by atoms with Gasteiger partial charge < -0.3 is 26.3 Å². The third kappa shape index (κ3) is 9.80. The van der Waals surface area contributed by atoms with Crippen LogP contribution in [0.15, 0.2) is 25.1 Å². The molecule has 0 saturated carbocycles. The Morgan fingerprint density at radius 1 is 0.920 bits per heavy atom. The Morgan fingerprint density at radius 2 is 1.48 bits per heavy atom. The zero-order valence-electron chi connectivity index (χ0n) is 16.7. The number of aldehydes is 1. The fourth-order valence-electron chi connectivity index (χ4n) is 2.58. The molecule has 146 valence electrons. The Kier molecular flexibility index (Phi) is 9.97. The third-order valence-corrected chi connectivity index (χ3v) is 18.2. The molecule has 0 bridgehead atoms. The molecule has 0 spiro atoms. The average Bonchev–Trinajstić information content (AvgIpc) is 2.47. The van der Waals surface area contributed by atoms with Crippen LogP contribution in [-0.4, -0.2) is 53.6 Å². The quantitative estimate of drug-likeness (QED) is 0.241. The molecule has 1 unspecified atom stereocenters. The van der Waals surface area contributed by atoms with Crippen molar-refractivity contribution in [3.05, 3.63) is 25.1 Å². The molecule has 0 aliphatic carbocycles. The predicted octanol–water partition coefficient (Wildman–Crippen LogP) is 3.75. The second kappa shape index (κ2) is 10.1. The highest BCUT2D eigenvalue weighted by atomic mass is 28.5. The molecule has 10 heteroatoms. The normalized spacial score (nSPS) is 15.3. The lowest BCUT2D eigenvalue weighted by molar-refractivity contribution is -0.107. The van der Waals surface area contributed by atoms with Crippen molar-refractivity contribution in [1.82, 2.24) is 0 Å². The molecule has 0 N–H and O–H groups in total. The summed E-state index contributed by atoms with van der Waals surface area (Å²) in [5.74, 6) is 0. The largest absolute Gasteiger partial charge is 0.500 e. The van der Waals surface area contributed by atoms with Crippen LogP contribution in [0.1, 0.15) is 6.42 Å². The van der Waals surface area contributed by atoms with Gasteiger partial charge >= 0.3 is 25.7 Å². The predicted molar refractivity (Wildman–Crippen MR) is 110 cm³/mol. The molecule has 0 radical (unpaired) electrons. The maximum absolute atomic E-state index is 10.8. The van der Waals surface area contributed by atoms with Crippen molar-refractivity contribution in [2.75, 3.05) is 13.3 Å². The molecule has 0 heterocycles. The lowest BCUT2D eigenvalue weighted by Crippen LogP contribution is -2.59. The minimum Gasteiger partial charge on any atom is -0.500 e. The summed E-state index contributed by atoms with van der Waals surface area (Å²) in [6.45, 7) is 19.6. The van der Waals surface area contributed by atoms with E-state index >= 15 is 0 Å². The summed E-state index contributed by atoms with van der Waals surface area (Å²) in [7, 11) is -8.09. The maximum atomic E-state index is 10.8. The number of hydrogen-bond donors (Lipinski definition) is 0. The average molecular weight is 423 g/mol. The minimum atomic E-state index is -2.74. The Hall–Kier alpha value is -0.342. The van der Waals surface area contributed by atoms with Crippen molar-refractivity contribution in [2.45, 2.75) is 51.7 Å². The van der Waals surface area contributed by atoms with Gasteiger partial charge in [0.15, 0.2) is 8.32 Å². The number of rotatable bonds is 14. The summed E-state index contributed by atoms with van der Waals surface area (Å²) in [5.41, 5.74) is 1.90.